The van der Waals surface area contributed by atoms with Gasteiger partial charge in [0.2, 0.25) is 0 Å². The van der Waals surface area contributed by atoms with Crippen molar-refractivity contribution in [1.29, 1.82) is 0 Å². The Morgan fingerprint density at radius 3 is 2.55 bits per heavy atom. The number of sulfone groups is 1. The molecule has 0 aromatic rings. The number of nitrogens with one attached hydrogen (secondary N) is 1. The van der Waals surface area contributed by atoms with Crippen molar-refractivity contribution in [2.75, 3.05) is 31.1 Å². The van der Waals surface area contributed by atoms with Crippen LogP contribution in [0.3, 0.4) is 0 Å². The molecule has 0 radical (unpaired) electrons. The normalized spacial score (nSPS) is 35.6. The molecular weight excluding hydrogens is 298 g/mol. The molecule has 3 rings (SSSR count). The zero-order chi connectivity index (χ0) is 15.7. The third-order valence-electron chi connectivity index (χ3n) is 5.37. The standard InChI is InChI=1S/C16H29N3O2S/c1-12-5-7-19(10-13(12)2)16(18-15-3-4-15)17-9-14-6-8-22(20,21)11-14/h12-15H,3-11H2,1-2H3,(H,17,18). The number of likely N-dealkylation sites (tertiary alicyclic amines) is 1. The largest absolute Gasteiger partial charge is 0.354 e. The summed E-state index contributed by atoms with van der Waals surface area (Å²) >= 11 is 0. The molecule has 1 saturated carbocycles. The van der Waals surface area contributed by atoms with Crippen molar-refractivity contribution in [3.8, 4) is 0 Å². The summed E-state index contributed by atoms with van der Waals surface area (Å²) in [5.74, 6) is 3.36. The van der Waals surface area contributed by atoms with Gasteiger partial charge in [-0.15, -0.1) is 0 Å². The SMILES string of the molecule is CC1CCN(C(=NCC2CCS(=O)(=O)C2)NC2CC2)CC1C. The molecule has 0 amide bonds. The third kappa shape index (κ3) is 4.15. The Kier molecular flexibility index (Phi) is 4.67. The van der Waals surface area contributed by atoms with Gasteiger partial charge in [0, 0.05) is 25.7 Å². The zero-order valence-corrected chi connectivity index (χ0v) is 14.6. The first-order chi connectivity index (χ1) is 10.4. The van der Waals surface area contributed by atoms with Gasteiger partial charge in [-0.25, -0.2) is 8.42 Å². The molecule has 2 aliphatic heterocycles. The maximum absolute atomic E-state index is 11.6. The first kappa shape index (κ1) is 16.1. The van der Waals surface area contributed by atoms with Crippen LogP contribution in [-0.2, 0) is 9.84 Å². The monoisotopic (exact) mass is 327 g/mol. The van der Waals surface area contributed by atoms with Gasteiger partial charge in [-0.1, -0.05) is 13.8 Å². The first-order valence-electron chi connectivity index (χ1n) is 8.69. The van der Waals surface area contributed by atoms with E-state index in [-0.39, 0.29) is 5.92 Å². The van der Waals surface area contributed by atoms with Crippen LogP contribution in [0.5, 0.6) is 0 Å². The van der Waals surface area contributed by atoms with Gasteiger partial charge in [-0.2, -0.15) is 0 Å². The smallest absolute Gasteiger partial charge is 0.194 e. The summed E-state index contributed by atoms with van der Waals surface area (Å²) < 4.78 is 23.2. The van der Waals surface area contributed by atoms with Gasteiger partial charge in [0.25, 0.3) is 0 Å². The van der Waals surface area contributed by atoms with Crippen LogP contribution in [-0.4, -0.2) is 56.5 Å². The Morgan fingerprint density at radius 1 is 1.18 bits per heavy atom. The Morgan fingerprint density at radius 2 is 1.95 bits per heavy atom. The van der Waals surface area contributed by atoms with E-state index in [0.717, 1.165) is 31.4 Å². The third-order valence-corrected chi connectivity index (χ3v) is 7.21. The molecule has 2 saturated heterocycles. The number of guanidine groups is 1. The zero-order valence-electron chi connectivity index (χ0n) is 13.8. The molecule has 2 heterocycles. The van der Waals surface area contributed by atoms with Gasteiger partial charge in [0.05, 0.1) is 11.5 Å². The average Bonchev–Trinajstić information content (AvgIpc) is 3.21. The fourth-order valence-electron chi connectivity index (χ4n) is 3.33. The maximum Gasteiger partial charge on any atom is 0.194 e. The molecule has 1 aliphatic carbocycles. The summed E-state index contributed by atoms with van der Waals surface area (Å²) in [6.07, 6.45) is 4.45. The minimum absolute atomic E-state index is 0.210. The molecule has 5 nitrogen and oxygen atoms in total. The Bertz CT molecular complexity index is 528. The van der Waals surface area contributed by atoms with Crippen molar-refractivity contribution < 1.29 is 8.42 Å². The number of hydrogen-bond donors (Lipinski definition) is 1. The van der Waals surface area contributed by atoms with Gasteiger partial charge in [0.15, 0.2) is 15.8 Å². The molecule has 3 atom stereocenters. The summed E-state index contributed by atoms with van der Waals surface area (Å²) in [5, 5.41) is 3.57. The predicted octanol–water partition coefficient (Wildman–Crippen LogP) is 1.51. The average molecular weight is 327 g/mol. The highest BCUT2D eigenvalue weighted by atomic mass is 32.2. The molecule has 0 aromatic heterocycles. The molecular formula is C16H29N3O2S. The van der Waals surface area contributed by atoms with E-state index >= 15 is 0 Å². The highest BCUT2D eigenvalue weighted by Crippen LogP contribution is 2.25. The molecule has 22 heavy (non-hydrogen) atoms. The van der Waals surface area contributed by atoms with Crippen molar-refractivity contribution >= 4 is 15.8 Å². The molecule has 3 unspecified atom stereocenters. The molecule has 6 heteroatoms. The van der Waals surface area contributed by atoms with Crippen LogP contribution in [0.2, 0.25) is 0 Å². The number of hydrogen-bond acceptors (Lipinski definition) is 3. The second kappa shape index (κ2) is 6.38. The van der Waals surface area contributed by atoms with Crippen molar-refractivity contribution in [2.24, 2.45) is 22.7 Å². The van der Waals surface area contributed by atoms with Crippen LogP contribution in [0.4, 0.5) is 0 Å². The lowest BCUT2D eigenvalue weighted by Gasteiger charge is -2.37. The van der Waals surface area contributed by atoms with E-state index in [1.54, 1.807) is 0 Å². The minimum atomic E-state index is -2.80. The highest BCUT2D eigenvalue weighted by molar-refractivity contribution is 7.91. The lowest BCUT2D eigenvalue weighted by atomic mass is 9.89. The fourth-order valence-corrected chi connectivity index (χ4v) is 5.18. The Balaban J connectivity index is 1.62. The molecule has 126 valence electrons. The molecule has 0 bridgehead atoms. The molecule has 3 fully saturated rings. The van der Waals surface area contributed by atoms with Crippen LogP contribution >= 0.6 is 0 Å². The van der Waals surface area contributed by atoms with Crippen molar-refractivity contribution in [3.63, 3.8) is 0 Å². The summed E-state index contributed by atoms with van der Waals surface area (Å²) in [6.45, 7) is 7.41. The summed E-state index contributed by atoms with van der Waals surface area (Å²) in [7, 11) is -2.80. The second-order valence-corrected chi connectivity index (χ2v) is 9.77. The molecule has 1 N–H and O–H groups in total. The number of rotatable bonds is 3. The van der Waals surface area contributed by atoms with E-state index in [4.69, 9.17) is 4.99 Å². The van der Waals surface area contributed by atoms with E-state index in [1.165, 1.54) is 19.3 Å². The number of nitrogens with zero attached hydrogens (tertiary/aromatic N) is 2. The van der Waals surface area contributed by atoms with Crippen LogP contribution in [0, 0.1) is 17.8 Å². The van der Waals surface area contributed by atoms with Crippen LogP contribution in [0.25, 0.3) is 0 Å². The van der Waals surface area contributed by atoms with Gasteiger partial charge in [-0.05, 0) is 43.4 Å². The summed E-state index contributed by atoms with van der Waals surface area (Å²) in [4.78, 5) is 7.18. The molecule has 3 aliphatic rings. The van der Waals surface area contributed by atoms with Crippen molar-refractivity contribution in [3.05, 3.63) is 0 Å². The Hall–Kier alpha value is -0.780. The number of piperidine rings is 1. The summed E-state index contributed by atoms with van der Waals surface area (Å²) in [6, 6.07) is 0.584. The van der Waals surface area contributed by atoms with Gasteiger partial charge in [0.1, 0.15) is 0 Å². The van der Waals surface area contributed by atoms with Crippen molar-refractivity contribution in [2.45, 2.75) is 45.6 Å². The topological polar surface area (TPSA) is 61.8 Å². The van der Waals surface area contributed by atoms with Crippen LogP contribution in [0.1, 0.15) is 39.5 Å². The second-order valence-electron chi connectivity index (χ2n) is 7.54. The van der Waals surface area contributed by atoms with Gasteiger partial charge >= 0.3 is 0 Å². The quantitative estimate of drug-likeness (QED) is 0.630. The summed E-state index contributed by atoms with van der Waals surface area (Å²) in [5.41, 5.74) is 0. The van der Waals surface area contributed by atoms with E-state index in [2.05, 4.69) is 24.1 Å². The first-order valence-corrected chi connectivity index (χ1v) is 10.5. The fraction of sp³-hybridized carbons (Fsp3) is 0.938. The Labute approximate surface area is 134 Å². The maximum atomic E-state index is 11.6. The van der Waals surface area contributed by atoms with Crippen LogP contribution in [0.15, 0.2) is 4.99 Å². The number of aliphatic imine (C=N–C) groups is 1. The van der Waals surface area contributed by atoms with Crippen LogP contribution < -0.4 is 5.32 Å². The van der Waals surface area contributed by atoms with E-state index in [9.17, 15) is 8.42 Å². The van der Waals surface area contributed by atoms with E-state index in [1.807, 2.05) is 0 Å². The minimum Gasteiger partial charge on any atom is -0.354 e. The van der Waals surface area contributed by atoms with Gasteiger partial charge in [-0.3, -0.25) is 4.99 Å². The lowest BCUT2D eigenvalue weighted by Crippen LogP contribution is -2.48. The molecule has 0 spiro atoms. The van der Waals surface area contributed by atoms with Gasteiger partial charge < -0.3 is 10.2 Å². The molecule has 0 aromatic carbocycles. The van der Waals surface area contributed by atoms with E-state index < -0.39 is 9.84 Å². The van der Waals surface area contributed by atoms with E-state index in [0.29, 0.717) is 30.0 Å². The highest BCUT2D eigenvalue weighted by Gasteiger charge is 2.31. The lowest BCUT2D eigenvalue weighted by molar-refractivity contribution is 0.199. The predicted molar refractivity (Wildman–Crippen MR) is 89.7 cm³/mol. The van der Waals surface area contributed by atoms with Crippen molar-refractivity contribution in [1.82, 2.24) is 10.2 Å².